The van der Waals surface area contributed by atoms with Gasteiger partial charge in [0, 0.05) is 6.07 Å². The molecule has 0 aliphatic rings. The zero-order chi connectivity index (χ0) is 14.0. The second kappa shape index (κ2) is 5.50. The Morgan fingerprint density at radius 2 is 1.89 bits per heavy atom. The van der Waals surface area contributed by atoms with Crippen molar-refractivity contribution >= 4 is 40.2 Å². The molecule has 0 amide bonds. The van der Waals surface area contributed by atoms with Crippen LogP contribution >= 0.6 is 23.8 Å². The smallest absolute Gasteiger partial charge is 0.146 e. The molecule has 2 aromatic carbocycles. The molecule has 0 fully saturated rings. The zero-order valence-electron chi connectivity index (χ0n) is 9.58. The van der Waals surface area contributed by atoms with Crippen LogP contribution in [0.25, 0.3) is 0 Å². The van der Waals surface area contributed by atoms with E-state index >= 15 is 0 Å². The molecule has 0 unspecified atom stereocenters. The van der Waals surface area contributed by atoms with Crippen molar-refractivity contribution in [2.75, 3.05) is 5.32 Å². The van der Waals surface area contributed by atoms with Gasteiger partial charge in [-0.15, -0.1) is 0 Å². The number of thiocarbonyl (C=S) groups is 1. The topological polar surface area (TPSA) is 38.0 Å². The average molecular weight is 299 g/mol. The SMILES string of the molecule is NC(=S)c1c(Cl)cccc1Nc1cc(F)ccc1F. The van der Waals surface area contributed by atoms with Gasteiger partial charge in [-0.25, -0.2) is 8.78 Å². The van der Waals surface area contributed by atoms with Gasteiger partial charge in [-0.3, -0.25) is 0 Å². The Hall–Kier alpha value is -1.72. The van der Waals surface area contributed by atoms with E-state index in [-0.39, 0.29) is 10.7 Å². The van der Waals surface area contributed by atoms with Gasteiger partial charge < -0.3 is 11.1 Å². The Morgan fingerprint density at radius 1 is 1.16 bits per heavy atom. The molecule has 0 saturated heterocycles. The molecule has 6 heteroatoms. The Balaban J connectivity index is 2.46. The lowest BCUT2D eigenvalue weighted by Gasteiger charge is -2.13. The number of halogens is 3. The number of benzene rings is 2. The third-order valence-corrected chi connectivity index (χ3v) is 2.98. The first-order valence-corrected chi connectivity index (χ1v) is 6.08. The van der Waals surface area contributed by atoms with E-state index < -0.39 is 11.6 Å². The maximum Gasteiger partial charge on any atom is 0.146 e. The summed E-state index contributed by atoms with van der Waals surface area (Å²) in [5.41, 5.74) is 6.37. The fourth-order valence-electron chi connectivity index (χ4n) is 1.62. The molecule has 0 heterocycles. The first kappa shape index (κ1) is 13.7. The maximum absolute atomic E-state index is 13.6. The van der Waals surface area contributed by atoms with Crippen molar-refractivity contribution < 1.29 is 8.78 Å². The van der Waals surface area contributed by atoms with Crippen LogP contribution in [0, 0.1) is 11.6 Å². The van der Waals surface area contributed by atoms with Crippen molar-refractivity contribution in [1.29, 1.82) is 0 Å². The minimum Gasteiger partial charge on any atom is -0.389 e. The predicted octanol–water partition coefficient (Wildman–Crippen LogP) is 4.00. The van der Waals surface area contributed by atoms with E-state index in [1.54, 1.807) is 18.2 Å². The van der Waals surface area contributed by atoms with Gasteiger partial charge in [0.1, 0.15) is 16.6 Å². The van der Waals surface area contributed by atoms with Crippen molar-refractivity contribution in [3.63, 3.8) is 0 Å². The van der Waals surface area contributed by atoms with Gasteiger partial charge in [-0.1, -0.05) is 29.9 Å². The quantitative estimate of drug-likeness (QED) is 0.841. The highest BCUT2D eigenvalue weighted by Gasteiger charge is 2.12. The van der Waals surface area contributed by atoms with E-state index in [2.05, 4.69) is 5.32 Å². The van der Waals surface area contributed by atoms with Crippen LogP contribution in [0.3, 0.4) is 0 Å². The lowest BCUT2D eigenvalue weighted by molar-refractivity contribution is 0.603. The highest BCUT2D eigenvalue weighted by atomic mass is 35.5. The number of nitrogens with one attached hydrogen (secondary N) is 1. The molecule has 0 spiro atoms. The molecule has 0 radical (unpaired) electrons. The van der Waals surface area contributed by atoms with Gasteiger partial charge in [-0.2, -0.15) is 0 Å². The van der Waals surface area contributed by atoms with Crippen LogP contribution in [-0.4, -0.2) is 4.99 Å². The molecular weight excluding hydrogens is 290 g/mol. The van der Waals surface area contributed by atoms with Crippen LogP contribution in [0.1, 0.15) is 5.56 Å². The Bertz CT molecular complexity index is 647. The highest BCUT2D eigenvalue weighted by molar-refractivity contribution is 7.80. The number of rotatable bonds is 3. The van der Waals surface area contributed by atoms with Crippen molar-refractivity contribution in [2.45, 2.75) is 0 Å². The van der Waals surface area contributed by atoms with Gasteiger partial charge in [0.2, 0.25) is 0 Å². The maximum atomic E-state index is 13.6. The molecule has 0 aliphatic carbocycles. The molecule has 0 atom stereocenters. The van der Waals surface area contributed by atoms with Crippen LogP contribution in [0.2, 0.25) is 5.02 Å². The lowest BCUT2D eigenvalue weighted by Crippen LogP contribution is -2.13. The Labute approximate surface area is 119 Å². The predicted molar refractivity (Wildman–Crippen MR) is 77.0 cm³/mol. The average Bonchev–Trinajstić information content (AvgIpc) is 2.33. The summed E-state index contributed by atoms with van der Waals surface area (Å²) in [6.45, 7) is 0. The summed E-state index contributed by atoms with van der Waals surface area (Å²) in [4.78, 5) is 0.0740. The number of hydrogen-bond acceptors (Lipinski definition) is 2. The fraction of sp³-hybridized carbons (Fsp3) is 0. The molecule has 98 valence electrons. The molecule has 3 N–H and O–H groups in total. The number of anilines is 2. The molecule has 19 heavy (non-hydrogen) atoms. The van der Waals surface area contributed by atoms with E-state index in [9.17, 15) is 8.78 Å². The molecular formula is C13H9ClF2N2S. The Kier molecular flexibility index (Phi) is 3.97. The van der Waals surface area contributed by atoms with Crippen molar-refractivity contribution in [3.05, 3.63) is 58.6 Å². The monoisotopic (exact) mass is 298 g/mol. The zero-order valence-corrected chi connectivity index (χ0v) is 11.2. The van der Waals surface area contributed by atoms with E-state index in [0.29, 0.717) is 16.3 Å². The van der Waals surface area contributed by atoms with Crippen molar-refractivity contribution in [3.8, 4) is 0 Å². The second-order valence-electron chi connectivity index (χ2n) is 3.78. The first-order valence-electron chi connectivity index (χ1n) is 5.29. The minimum atomic E-state index is -0.588. The van der Waals surface area contributed by atoms with Crippen LogP contribution in [-0.2, 0) is 0 Å². The molecule has 0 aliphatic heterocycles. The molecule has 2 rings (SSSR count). The summed E-state index contributed by atoms with van der Waals surface area (Å²) in [5, 5.41) is 3.08. The van der Waals surface area contributed by atoms with Gasteiger partial charge in [0.25, 0.3) is 0 Å². The number of hydrogen-bond donors (Lipinski definition) is 2. The third kappa shape index (κ3) is 3.00. The van der Waals surface area contributed by atoms with E-state index in [0.717, 1.165) is 18.2 Å². The van der Waals surface area contributed by atoms with Crippen LogP contribution in [0.4, 0.5) is 20.2 Å². The van der Waals surface area contributed by atoms with Crippen LogP contribution in [0.5, 0.6) is 0 Å². The summed E-state index contributed by atoms with van der Waals surface area (Å²) >= 11 is 10.9. The molecule has 2 aromatic rings. The Morgan fingerprint density at radius 3 is 2.58 bits per heavy atom. The molecule has 0 bridgehead atoms. The summed E-state index contributed by atoms with van der Waals surface area (Å²) < 4.78 is 26.7. The summed E-state index contributed by atoms with van der Waals surface area (Å²) in [6, 6.07) is 8.01. The van der Waals surface area contributed by atoms with E-state index in [1.807, 2.05) is 0 Å². The number of nitrogens with two attached hydrogens (primary N) is 1. The fourth-order valence-corrected chi connectivity index (χ4v) is 2.17. The third-order valence-electron chi connectivity index (χ3n) is 2.46. The van der Waals surface area contributed by atoms with Crippen LogP contribution in [0.15, 0.2) is 36.4 Å². The summed E-state index contributed by atoms with van der Waals surface area (Å²) in [7, 11) is 0. The second-order valence-corrected chi connectivity index (χ2v) is 4.62. The molecule has 0 aromatic heterocycles. The minimum absolute atomic E-state index is 0.0141. The van der Waals surface area contributed by atoms with Crippen LogP contribution < -0.4 is 11.1 Å². The van der Waals surface area contributed by atoms with Gasteiger partial charge >= 0.3 is 0 Å². The van der Waals surface area contributed by atoms with Gasteiger partial charge in [0.15, 0.2) is 0 Å². The normalized spacial score (nSPS) is 10.3. The van der Waals surface area contributed by atoms with Crippen molar-refractivity contribution in [1.82, 2.24) is 0 Å². The van der Waals surface area contributed by atoms with Gasteiger partial charge in [0.05, 0.1) is 22.0 Å². The first-order chi connectivity index (χ1) is 8.99. The highest BCUT2D eigenvalue weighted by Crippen LogP contribution is 2.28. The summed E-state index contributed by atoms with van der Waals surface area (Å²) in [6.07, 6.45) is 0. The summed E-state index contributed by atoms with van der Waals surface area (Å²) in [5.74, 6) is -1.14. The van der Waals surface area contributed by atoms with E-state index in [4.69, 9.17) is 29.6 Å². The molecule has 2 nitrogen and oxygen atoms in total. The van der Waals surface area contributed by atoms with Gasteiger partial charge in [-0.05, 0) is 24.3 Å². The van der Waals surface area contributed by atoms with E-state index in [1.165, 1.54) is 0 Å². The standard InChI is InChI=1S/C13H9ClF2N2S/c14-8-2-1-3-10(12(8)13(17)19)18-11-6-7(15)4-5-9(11)16/h1-6,18H,(H2,17,19). The van der Waals surface area contributed by atoms with Crippen molar-refractivity contribution in [2.24, 2.45) is 5.73 Å². The largest absolute Gasteiger partial charge is 0.389 e. The molecule has 0 saturated carbocycles. The lowest BCUT2D eigenvalue weighted by atomic mass is 10.1.